The molecule has 5 nitrogen and oxygen atoms in total. The van der Waals surface area contributed by atoms with E-state index in [9.17, 15) is 9.59 Å². The van der Waals surface area contributed by atoms with Crippen molar-refractivity contribution in [3.05, 3.63) is 87.3 Å². The van der Waals surface area contributed by atoms with Crippen LogP contribution in [0.1, 0.15) is 32.0 Å². The lowest BCUT2D eigenvalue weighted by atomic mass is 10.1. The Labute approximate surface area is 165 Å². The number of amides is 1. The number of hydrogen-bond donors (Lipinski definition) is 1. The molecule has 0 atom stereocenters. The lowest BCUT2D eigenvalue weighted by molar-refractivity contribution is 0.0472. The minimum Gasteiger partial charge on any atom is -0.459 e. The summed E-state index contributed by atoms with van der Waals surface area (Å²) in [4.78, 5) is 24.5. The van der Waals surface area contributed by atoms with Crippen LogP contribution in [0.15, 0.2) is 59.2 Å². The summed E-state index contributed by atoms with van der Waals surface area (Å²) in [6.45, 7) is 1.88. The van der Waals surface area contributed by atoms with Gasteiger partial charge < -0.3 is 14.5 Å². The lowest BCUT2D eigenvalue weighted by Crippen LogP contribution is -2.13. The number of rotatable bonds is 5. The molecule has 3 rings (SSSR count). The molecule has 3 aromatic rings. The Bertz CT molecular complexity index is 984. The van der Waals surface area contributed by atoms with Crippen molar-refractivity contribution in [2.45, 2.75) is 13.5 Å². The van der Waals surface area contributed by atoms with Crippen LogP contribution in [0.2, 0.25) is 10.0 Å². The molecule has 1 heterocycles. The van der Waals surface area contributed by atoms with Crippen LogP contribution < -0.4 is 5.32 Å². The van der Waals surface area contributed by atoms with Crippen molar-refractivity contribution in [1.29, 1.82) is 0 Å². The van der Waals surface area contributed by atoms with E-state index in [-0.39, 0.29) is 12.4 Å². The van der Waals surface area contributed by atoms with Crippen LogP contribution in [-0.2, 0) is 11.3 Å². The van der Waals surface area contributed by atoms with Crippen LogP contribution in [0.5, 0.6) is 0 Å². The van der Waals surface area contributed by atoms with Crippen molar-refractivity contribution < 1.29 is 18.7 Å². The second kappa shape index (κ2) is 8.29. The van der Waals surface area contributed by atoms with Crippen LogP contribution in [0.4, 0.5) is 5.69 Å². The van der Waals surface area contributed by atoms with Gasteiger partial charge in [0.05, 0.1) is 21.9 Å². The van der Waals surface area contributed by atoms with Gasteiger partial charge in [-0.15, -0.1) is 0 Å². The minimum atomic E-state index is -0.519. The van der Waals surface area contributed by atoms with Crippen molar-refractivity contribution in [2.75, 3.05) is 5.32 Å². The number of carbonyl (C=O) groups excluding carboxylic acids is 2. The molecule has 1 amide bonds. The van der Waals surface area contributed by atoms with E-state index in [1.807, 2.05) is 6.92 Å². The van der Waals surface area contributed by atoms with Gasteiger partial charge in [0.15, 0.2) is 5.76 Å². The van der Waals surface area contributed by atoms with E-state index in [0.717, 1.165) is 11.1 Å². The summed E-state index contributed by atoms with van der Waals surface area (Å²) in [6.07, 6.45) is 1.42. The fourth-order valence-electron chi connectivity index (χ4n) is 2.34. The first-order chi connectivity index (χ1) is 12.9. The smallest absolute Gasteiger partial charge is 0.338 e. The third-order valence-electron chi connectivity index (χ3n) is 3.82. The van der Waals surface area contributed by atoms with E-state index >= 15 is 0 Å². The first kappa shape index (κ1) is 19.0. The number of carbonyl (C=O) groups is 2. The zero-order chi connectivity index (χ0) is 19.4. The molecule has 138 valence electrons. The number of ether oxygens (including phenoxy) is 1. The molecular formula is C20H15Cl2NO4. The number of nitrogens with one attached hydrogen (secondary N) is 1. The molecule has 0 aliphatic carbocycles. The molecular weight excluding hydrogens is 389 g/mol. The maximum Gasteiger partial charge on any atom is 0.338 e. The molecule has 0 aliphatic rings. The van der Waals surface area contributed by atoms with Gasteiger partial charge in [0, 0.05) is 5.69 Å². The quantitative estimate of drug-likeness (QED) is 0.570. The Kier molecular flexibility index (Phi) is 5.84. The number of halogens is 2. The highest BCUT2D eigenvalue weighted by Gasteiger charge is 2.14. The molecule has 0 unspecified atom stereocenters. The molecule has 2 aromatic carbocycles. The van der Waals surface area contributed by atoms with E-state index < -0.39 is 11.9 Å². The van der Waals surface area contributed by atoms with E-state index in [4.69, 9.17) is 32.4 Å². The summed E-state index contributed by atoms with van der Waals surface area (Å²) in [5, 5.41) is 3.55. The molecule has 1 N–H and O–H groups in total. The topological polar surface area (TPSA) is 68.5 Å². The first-order valence-corrected chi connectivity index (χ1v) is 8.76. The van der Waals surface area contributed by atoms with Crippen LogP contribution >= 0.6 is 23.2 Å². The average molecular weight is 404 g/mol. The lowest BCUT2D eigenvalue weighted by Gasteiger charge is -2.10. The molecule has 0 saturated carbocycles. The number of esters is 1. The van der Waals surface area contributed by atoms with Gasteiger partial charge in [-0.3, -0.25) is 4.79 Å². The highest BCUT2D eigenvalue weighted by molar-refractivity contribution is 6.42. The number of aryl methyl sites for hydroxylation is 1. The van der Waals surface area contributed by atoms with Gasteiger partial charge in [0.1, 0.15) is 6.61 Å². The Hall–Kier alpha value is -2.76. The van der Waals surface area contributed by atoms with Crippen molar-refractivity contribution in [2.24, 2.45) is 0 Å². The van der Waals surface area contributed by atoms with Gasteiger partial charge in [0.25, 0.3) is 5.91 Å². The van der Waals surface area contributed by atoms with Crippen molar-refractivity contribution in [3.63, 3.8) is 0 Å². The Morgan fingerprint density at radius 3 is 2.59 bits per heavy atom. The first-order valence-electron chi connectivity index (χ1n) is 8.00. The van der Waals surface area contributed by atoms with Gasteiger partial charge in [-0.25, -0.2) is 4.79 Å². The fourth-order valence-corrected chi connectivity index (χ4v) is 2.66. The molecule has 27 heavy (non-hydrogen) atoms. The Balaban J connectivity index is 1.69. The summed E-state index contributed by atoms with van der Waals surface area (Å²) in [6, 6.07) is 13.1. The summed E-state index contributed by atoms with van der Waals surface area (Å²) in [5.41, 5.74) is 2.34. The minimum absolute atomic E-state index is 0.0533. The predicted octanol–water partition coefficient (Wildman–Crippen LogP) is 5.50. The second-order valence-electron chi connectivity index (χ2n) is 5.79. The zero-order valence-electron chi connectivity index (χ0n) is 14.3. The third kappa shape index (κ3) is 4.70. The van der Waals surface area contributed by atoms with Crippen LogP contribution in [-0.4, -0.2) is 11.9 Å². The summed E-state index contributed by atoms with van der Waals surface area (Å²) in [7, 11) is 0. The van der Waals surface area contributed by atoms with E-state index in [1.165, 1.54) is 6.26 Å². The number of anilines is 1. The maximum absolute atomic E-state index is 12.3. The summed E-state index contributed by atoms with van der Waals surface area (Å²) < 4.78 is 10.4. The summed E-state index contributed by atoms with van der Waals surface area (Å²) in [5.74, 6) is -0.735. The Morgan fingerprint density at radius 2 is 1.89 bits per heavy atom. The zero-order valence-corrected chi connectivity index (χ0v) is 15.8. The number of furan rings is 1. The second-order valence-corrected chi connectivity index (χ2v) is 6.60. The molecule has 7 heteroatoms. The standard InChI is InChI=1S/C20H15Cl2NO4/c1-12-4-6-14(10-17(12)23-19(24)18-3-2-8-26-18)20(25)27-11-13-5-7-15(21)16(22)9-13/h2-10H,11H2,1H3,(H,23,24). The van der Waals surface area contributed by atoms with Crippen LogP contribution in [0, 0.1) is 6.92 Å². The van der Waals surface area contributed by atoms with Crippen molar-refractivity contribution >= 4 is 40.8 Å². The normalized spacial score (nSPS) is 10.5. The van der Waals surface area contributed by atoms with Crippen molar-refractivity contribution in [1.82, 2.24) is 0 Å². The summed E-state index contributed by atoms with van der Waals surface area (Å²) >= 11 is 11.8. The van der Waals surface area contributed by atoms with Gasteiger partial charge >= 0.3 is 5.97 Å². The van der Waals surface area contributed by atoms with Crippen LogP contribution in [0.25, 0.3) is 0 Å². The number of benzene rings is 2. The average Bonchev–Trinajstić information content (AvgIpc) is 3.19. The van der Waals surface area contributed by atoms with Gasteiger partial charge in [-0.1, -0.05) is 35.3 Å². The van der Waals surface area contributed by atoms with Gasteiger partial charge in [-0.2, -0.15) is 0 Å². The largest absolute Gasteiger partial charge is 0.459 e. The van der Waals surface area contributed by atoms with Crippen molar-refractivity contribution in [3.8, 4) is 0 Å². The van der Waals surface area contributed by atoms with E-state index in [2.05, 4.69) is 5.32 Å². The highest BCUT2D eigenvalue weighted by Crippen LogP contribution is 2.23. The SMILES string of the molecule is Cc1ccc(C(=O)OCc2ccc(Cl)c(Cl)c2)cc1NC(=O)c1ccco1. The van der Waals surface area contributed by atoms with Gasteiger partial charge in [-0.05, 0) is 54.4 Å². The molecule has 0 fully saturated rings. The molecule has 0 saturated heterocycles. The molecule has 0 spiro atoms. The molecule has 0 bridgehead atoms. The third-order valence-corrected chi connectivity index (χ3v) is 4.56. The van der Waals surface area contributed by atoms with Crippen LogP contribution in [0.3, 0.4) is 0 Å². The molecule has 1 aromatic heterocycles. The predicted molar refractivity (Wildman–Crippen MR) is 103 cm³/mol. The molecule has 0 radical (unpaired) electrons. The maximum atomic E-state index is 12.3. The van der Waals surface area contributed by atoms with E-state index in [0.29, 0.717) is 21.3 Å². The monoisotopic (exact) mass is 403 g/mol. The highest BCUT2D eigenvalue weighted by atomic mass is 35.5. The number of hydrogen-bond acceptors (Lipinski definition) is 4. The Morgan fingerprint density at radius 1 is 1.07 bits per heavy atom. The fraction of sp³-hybridized carbons (Fsp3) is 0.100. The van der Waals surface area contributed by atoms with Gasteiger partial charge in [0.2, 0.25) is 0 Å². The molecule has 0 aliphatic heterocycles. The van der Waals surface area contributed by atoms with E-state index in [1.54, 1.807) is 48.5 Å².